The van der Waals surface area contributed by atoms with Crippen LogP contribution in [0.1, 0.15) is 43.1 Å². The summed E-state index contributed by atoms with van der Waals surface area (Å²) in [6, 6.07) is 5.67. The van der Waals surface area contributed by atoms with Crippen molar-refractivity contribution in [2.75, 3.05) is 12.9 Å². The Morgan fingerprint density at radius 2 is 2.00 bits per heavy atom. The Bertz CT molecular complexity index is 609. The van der Waals surface area contributed by atoms with E-state index < -0.39 is 28.7 Å². The Kier molecular flexibility index (Phi) is 7.57. The molecular formula is C17H25NO5S. The minimum atomic E-state index is -1.10. The van der Waals surface area contributed by atoms with Crippen molar-refractivity contribution in [3.63, 3.8) is 0 Å². The summed E-state index contributed by atoms with van der Waals surface area (Å²) in [6.45, 7) is 5.87. The maximum absolute atomic E-state index is 12.3. The predicted octanol–water partition coefficient (Wildman–Crippen LogP) is 1.95. The number of amides is 1. The summed E-state index contributed by atoms with van der Waals surface area (Å²) in [5, 5.41) is 11.8. The fourth-order valence-corrected chi connectivity index (χ4v) is 2.67. The second-order valence-electron chi connectivity index (χ2n) is 6.53. The van der Waals surface area contributed by atoms with E-state index in [1.807, 2.05) is 20.8 Å². The summed E-state index contributed by atoms with van der Waals surface area (Å²) in [5.41, 5.74) is 0.754. The predicted molar refractivity (Wildman–Crippen MR) is 93.4 cm³/mol. The molecular weight excluding hydrogens is 330 g/mol. The van der Waals surface area contributed by atoms with Crippen molar-refractivity contribution in [1.82, 2.24) is 5.32 Å². The van der Waals surface area contributed by atoms with Gasteiger partial charge >= 0.3 is 5.97 Å². The van der Waals surface area contributed by atoms with Crippen molar-refractivity contribution >= 4 is 22.7 Å². The highest BCUT2D eigenvalue weighted by Crippen LogP contribution is 2.10. The Balaban J connectivity index is 2.71. The SMILES string of the molecule is CS(=O)Cc1cccc(C(=O)NC(CCOC(C)(C)C)C(=O)O)c1. The molecule has 0 aliphatic rings. The Hall–Kier alpha value is -1.73. The van der Waals surface area contributed by atoms with Gasteiger partial charge in [0.15, 0.2) is 0 Å². The Morgan fingerprint density at radius 3 is 2.54 bits per heavy atom. The normalized spacial score (nSPS) is 14.0. The number of carbonyl (C=O) groups excluding carboxylic acids is 1. The summed E-state index contributed by atoms with van der Waals surface area (Å²) in [7, 11) is -1.01. The Labute approximate surface area is 145 Å². The first-order valence-electron chi connectivity index (χ1n) is 7.65. The number of carboxylic acid groups (broad SMARTS) is 1. The topological polar surface area (TPSA) is 92.7 Å². The second-order valence-corrected chi connectivity index (χ2v) is 7.97. The molecule has 0 heterocycles. The molecule has 2 unspecified atom stereocenters. The van der Waals surface area contributed by atoms with Crippen LogP contribution in [-0.4, -0.2) is 45.7 Å². The molecule has 0 aliphatic carbocycles. The molecule has 0 spiro atoms. The van der Waals surface area contributed by atoms with Gasteiger partial charge in [-0.05, 0) is 38.5 Å². The van der Waals surface area contributed by atoms with Gasteiger partial charge in [-0.2, -0.15) is 0 Å². The third kappa shape index (κ3) is 7.70. The van der Waals surface area contributed by atoms with Gasteiger partial charge in [-0.25, -0.2) is 4.79 Å². The van der Waals surface area contributed by atoms with E-state index in [4.69, 9.17) is 4.74 Å². The van der Waals surface area contributed by atoms with Crippen LogP contribution in [0.3, 0.4) is 0 Å². The zero-order valence-corrected chi connectivity index (χ0v) is 15.3. The van der Waals surface area contributed by atoms with E-state index in [1.54, 1.807) is 30.5 Å². The van der Waals surface area contributed by atoms with Gasteiger partial charge in [0.1, 0.15) is 6.04 Å². The van der Waals surface area contributed by atoms with Crippen LogP contribution in [-0.2, 0) is 26.1 Å². The largest absolute Gasteiger partial charge is 0.480 e. The van der Waals surface area contributed by atoms with Crippen LogP contribution in [0.25, 0.3) is 0 Å². The number of hydrogen-bond acceptors (Lipinski definition) is 4. The van der Waals surface area contributed by atoms with Gasteiger partial charge in [-0.3, -0.25) is 9.00 Å². The molecule has 1 rings (SSSR count). The first-order valence-corrected chi connectivity index (χ1v) is 9.38. The molecule has 1 aromatic rings. The number of carboxylic acids is 1. The third-order valence-electron chi connectivity index (χ3n) is 3.10. The molecule has 0 saturated carbocycles. The summed E-state index contributed by atoms with van der Waals surface area (Å²) in [5.74, 6) is -1.23. The number of aliphatic carboxylic acids is 1. The summed E-state index contributed by atoms with van der Waals surface area (Å²) < 4.78 is 16.8. The monoisotopic (exact) mass is 355 g/mol. The molecule has 6 nitrogen and oxygen atoms in total. The first kappa shape index (κ1) is 20.3. The molecule has 1 aromatic carbocycles. The quantitative estimate of drug-likeness (QED) is 0.743. The standard InChI is InChI=1S/C17H25NO5S/c1-17(2,3)23-9-8-14(16(20)21)18-15(19)13-7-5-6-12(10-13)11-24(4)22/h5-7,10,14H,8-9,11H2,1-4H3,(H,18,19)(H,20,21). The molecule has 0 radical (unpaired) electrons. The van der Waals surface area contributed by atoms with E-state index in [2.05, 4.69) is 5.32 Å². The molecule has 0 saturated heterocycles. The highest BCUT2D eigenvalue weighted by Gasteiger charge is 2.22. The number of carbonyl (C=O) groups is 2. The van der Waals surface area contributed by atoms with Gasteiger partial charge in [0.25, 0.3) is 5.91 Å². The smallest absolute Gasteiger partial charge is 0.326 e. The maximum Gasteiger partial charge on any atom is 0.326 e. The van der Waals surface area contributed by atoms with Crippen LogP contribution in [0, 0.1) is 0 Å². The average molecular weight is 355 g/mol. The van der Waals surface area contributed by atoms with Crippen LogP contribution in [0.5, 0.6) is 0 Å². The molecule has 2 atom stereocenters. The van der Waals surface area contributed by atoms with E-state index in [0.717, 1.165) is 5.56 Å². The van der Waals surface area contributed by atoms with Gasteiger partial charge in [-0.15, -0.1) is 0 Å². The lowest BCUT2D eigenvalue weighted by Gasteiger charge is -2.21. The molecule has 0 aliphatic heterocycles. The van der Waals surface area contributed by atoms with E-state index in [-0.39, 0.29) is 18.6 Å². The molecule has 134 valence electrons. The van der Waals surface area contributed by atoms with E-state index in [1.165, 1.54) is 0 Å². The zero-order chi connectivity index (χ0) is 18.3. The minimum absolute atomic E-state index is 0.178. The highest BCUT2D eigenvalue weighted by atomic mass is 32.2. The maximum atomic E-state index is 12.3. The van der Waals surface area contributed by atoms with Crippen molar-refractivity contribution in [2.45, 2.75) is 44.6 Å². The van der Waals surface area contributed by atoms with Crippen LogP contribution in [0.2, 0.25) is 0 Å². The fourth-order valence-electron chi connectivity index (χ4n) is 2.02. The average Bonchev–Trinajstić information content (AvgIpc) is 2.44. The van der Waals surface area contributed by atoms with Crippen molar-refractivity contribution in [3.8, 4) is 0 Å². The minimum Gasteiger partial charge on any atom is -0.480 e. The molecule has 2 N–H and O–H groups in total. The third-order valence-corrected chi connectivity index (χ3v) is 3.84. The van der Waals surface area contributed by atoms with Crippen molar-refractivity contribution < 1.29 is 23.6 Å². The number of nitrogens with one attached hydrogen (secondary N) is 1. The van der Waals surface area contributed by atoms with Crippen molar-refractivity contribution in [2.24, 2.45) is 0 Å². The summed E-state index contributed by atoms with van der Waals surface area (Å²) in [4.78, 5) is 23.6. The number of ether oxygens (including phenoxy) is 1. The van der Waals surface area contributed by atoms with E-state index in [9.17, 15) is 18.9 Å². The zero-order valence-electron chi connectivity index (χ0n) is 14.5. The number of benzene rings is 1. The molecule has 0 bridgehead atoms. The van der Waals surface area contributed by atoms with Gasteiger partial charge < -0.3 is 15.2 Å². The van der Waals surface area contributed by atoms with E-state index in [0.29, 0.717) is 11.3 Å². The van der Waals surface area contributed by atoms with Crippen LogP contribution in [0.15, 0.2) is 24.3 Å². The van der Waals surface area contributed by atoms with E-state index >= 15 is 0 Å². The Morgan fingerprint density at radius 1 is 1.33 bits per heavy atom. The molecule has 1 amide bonds. The molecule has 24 heavy (non-hydrogen) atoms. The fraction of sp³-hybridized carbons (Fsp3) is 0.529. The van der Waals surface area contributed by atoms with Gasteiger partial charge in [-0.1, -0.05) is 12.1 Å². The second kappa shape index (κ2) is 8.94. The van der Waals surface area contributed by atoms with Crippen LogP contribution < -0.4 is 5.32 Å². The van der Waals surface area contributed by atoms with Gasteiger partial charge in [0.2, 0.25) is 0 Å². The van der Waals surface area contributed by atoms with Crippen LogP contribution in [0.4, 0.5) is 0 Å². The molecule has 0 fully saturated rings. The summed E-state index contributed by atoms with van der Waals surface area (Å²) >= 11 is 0. The van der Waals surface area contributed by atoms with Gasteiger partial charge in [0, 0.05) is 41.4 Å². The lowest BCUT2D eigenvalue weighted by molar-refractivity contribution is -0.140. The lowest BCUT2D eigenvalue weighted by atomic mass is 10.1. The number of hydrogen-bond donors (Lipinski definition) is 2. The lowest BCUT2D eigenvalue weighted by Crippen LogP contribution is -2.42. The first-order chi connectivity index (χ1) is 11.1. The summed E-state index contributed by atoms with van der Waals surface area (Å²) in [6.07, 6.45) is 1.76. The van der Waals surface area contributed by atoms with Crippen LogP contribution >= 0.6 is 0 Å². The number of rotatable bonds is 8. The van der Waals surface area contributed by atoms with Crippen molar-refractivity contribution in [3.05, 3.63) is 35.4 Å². The van der Waals surface area contributed by atoms with Gasteiger partial charge in [0.05, 0.1) is 5.60 Å². The van der Waals surface area contributed by atoms with Crippen molar-refractivity contribution in [1.29, 1.82) is 0 Å². The molecule has 0 aromatic heterocycles. The highest BCUT2D eigenvalue weighted by molar-refractivity contribution is 7.83. The molecule has 7 heteroatoms.